The number of nitrogens with zero attached hydrogens (tertiary/aromatic N) is 2. The summed E-state index contributed by atoms with van der Waals surface area (Å²) in [5, 5.41) is 22.9. The molecule has 0 spiro atoms. The van der Waals surface area contributed by atoms with Crippen LogP contribution < -0.4 is 11.1 Å². The van der Waals surface area contributed by atoms with E-state index in [0.717, 1.165) is 12.8 Å². The number of amides is 1. The molecule has 0 radical (unpaired) electrons. The Bertz CT molecular complexity index is 507. The molecule has 1 saturated carbocycles. The van der Waals surface area contributed by atoms with Crippen LogP contribution in [-0.4, -0.2) is 57.3 Å². The molecule has 2 fully saturated rings. The fraction of sp³-hybridized carbons (Fsp3) is 0.667. The molecule has 2 aliphatic rings. The van der Waals surface area contributed by atoms with Gasteiger partial charge >= 0.3 is 0 Å². The van der Waals surface area contributed by atoms with E-state index in [1.54, 1.807) is 0 Å². The number of hydrogen-bond acceptors (Lipinski definition) is 7. The van der Waals surface area contributed by atoms with Crippen LogP contribution in [0.4, 0.5) is 10.9 Å². The summed E-state index contributed by atoms with van der Waals surface area (Å²) < 4.78 is 0. The first-order valence-corrected chi connectivity index (χ1v) is 7.54. The topological polar surface area (TPSA) is 112 Å². The third-order valence-electron chi connectivity index (χ3n) is 3.83. The van der Waals surface area contributed by atoms with Gasteiger partial charge in [-0.3, -0.25) is 4.79 Å². The number of aromatic nitrogens is 1. The van der Waals surface area contributed by atoms with Crippen LogP contribution in [-0.2, 0) is 0 Å². The molecule has 3 rings (SSSR count). The first kappa shape index (κ1) is 13.6. The zero-order valence-electron chi connectivity index (χ0n) is 11.0. The maximum absolute atomic E-state index is 12.3. The van der Waals surface area contributed by atoms with Gasteiger partial charge in [0.15, 0.2) is 5.13 Å². The summed E-state index contributed by atoms with van der Waals surface area (Å²) in [7, 11) is 0. The highest BCUT2D eigenvalue weighted by Crippen LogP contribution is 2.30. The molecule has 8 heteroatoms. The lowest BCUT2D eigenvalue weighted by atomic mass is 9.93. The number of hydrogen-bond donors (Lipinski definition) is 4. The van der Waals surface area contributed by atoms with Gasteiger partial charge in [-0.15, -0.1) is 0 Å². The van der Waals surface area contributed by atoms with Gasteiger partial charge in [-0.25, -0.2) is 4.98 Å². The molecular formula is C12H18N4O3S. The lowest BCUT2D eigenvalue weighted by Crippen LogP contribution is -2.29. The summed E-state index contributed by atoms with van der Waals surface area (Å²) in [5.74, 6) is -0.0741. The van der Waals surface area contributed by atoms with Crippen molar-refractivity contribution in [1.29, 1.82) is 0 Å². The number of anilines is 2. The van der Waals surface area contributed by atoms with E-state index >= 15 is 0 Å². The van der Waals surface area contributed by atoms with Crippen molar-refractivity contribution in [3.63, 3.8) is 0 Å². The number of nitrogens with two attached hydrogens (primary N) is 1. The highest BCUT2D eigenvalue weighted by molar-refractivity contribution is 7.18. The second-order valence-electron chi connectivity index (χ2n) is 5.35. The van der Waals surface area contributed by atoms with Crippen LogP contribution >= 0.6 is 11.3 Å². The van der Waals surface area contributed by atoms with Gasteiger partial charge in [0.2, 0.25) is 0 Å². The number of aliphatic hydroxyl groups excluding tert-OH is 2. The number of nitrogen functional groups attached to an aromatic ring is 1. The maximum Gasteiger partial charge on any atom is 0.268 e. The van der Waals surface area contributed by atoms with E-state index in [1.165, 1.54) is 22.7 Å². The third-order valence-corrected chi connectivity index (χ3v) is 4.82. The van der Waals surface area contributed by atoms with Gasteiger partial charge in [0.05, 0.1) is 12.2 Å². The molecule has 1 saturated heterocycles. The number of thiazole rings is 1. The minimum atomic E-state index is -0.888. The molecule has 2 heterocycles. The quantitative estimate of drug-likeness (QED) is 0.618. The summed E-state index contributed by atoms with van der Waals surface area (Å²) in [5.41, 5.74) is 5.80. The molecule has 1 aromatic rings. The van der Waals surface area contributed by atoms with Crippen LogP contribution in [0.3, 0.4) is 0 Å². The highest BCUT2D eigenvalue weighted by atomic mass is 32.1. The summed E-state index contributed by atoms with van der Waals surface area (Å²) in [4.78, 5) is 18.3. The van der Waals surface area contributed by atoms with Gasteiger partial charge in [-0.2, -0.15) is 0 Å². The van der Waals surface area contributed by atoms with Crippen molar-refractivity contribution in [2.24, 2.45) is 0 Å². The number of carbonyl (C=O) groups is 1. The van der Waals surface area contributed by atoms with Crippen molar-refractivity contribution >= 4 is 28.2 Å². The minimum absolute atomic E-state index is 0.128. The number of nitrogens with one attached hydrogen (secondary N) is 1. The average molecular weight is 298 g/mol. The first-order chi connectivity index (χ1) is 9.54. The Morgan fingerprint density at radius 3 is 2.55 bits per heavy atom. The molecule has 1 aliphatic carbocycles. The summed E-state index contributed by atoms with van der Waals surface area (Å²) in [6.07, 6.45) is 1.68. The van der Waals surface area contributed by atoms with Gasteiger partial charge in [-0.1, -0.05) is 11.3 Å². The standard InChI is InChI=1S/C12H18N4O3S/c13-10-9(11(19)16-4-7(17)8(18)5-16)20-12(15-10)14-6-2-1-3-6/h6-8,17-18H,1-5,13H2,(H,14,15). The largest absolute Gasteiger partial charge is 0.388 e. The molecule has 5 N–H and O–H groups in total. The summed E-state index contributed by atoms with van der Waals surface area (Å²) in [6.45, 7) is 0.255. The van der Waals surface area contributed by atoms with E-state index in [-0.39, 0.29) is 24.8 Å². The molecule has 2 atom stereocenters. The van der Waals surface area contributed by atoms with Gasteiger partial charge in [-0.05, 0) is 19.3 Å². The van der Waals surface area contributed by atoms with Crippen molar-refractivity contribution in [3.8, 4) is 0 Å². The molecule has 0 bridgehead atoms. The van der Waals surface area contributed by atoms with Crippen LogP contribution in [0.5, 0.6) is 0 Å². The van der Waals surface area contributed by atoms with Crippen LogP contribution in [0.1, 0.15) is 28.9 Å². The van der Waals surface area contributed by atoms with Crippen molar-refractivity contribution in [2.45, 2.75) is 37.5 Å². The van der Waals surface area contributed by atoms with E-state index in [0.29, 0.717) is 16.1 Å². The Morgan fingerprint density at radius 2 is 2.00 bits per heavy atom. The van der Waals surface area contributed by atoms with Crippen LogP contribution in [0.15, 0.2) is 0 Å². The number of likely N-dealkylation sites (tertiary alicyclic amines) is 1. The Labute approximate surface area is 120 Å². The summed E-state index contributed by atoms with van der Waals surface area (Å²) in [6, 6.07) is 0.430. The zero-order chi connectivity index (χ0) is 14.3. The number of β-amino-alcohol motifs (C(OH)–C–C–N with tert-alkyl or cyclic N) is 2. The van der Waals surface area contributed by atoms with Crippen molar-refractivity contribution in [1.82, 2.24) is 9.88 Å². The van der Waals surface area contributed by atoms with E-state index in [4.69, 9.17) is 5.73 Å². The van der Waals surface area contributed by atoms with Gasteiger partial charge < -0.3 is 26.2 Å². The minimum Gasteiger partial charge on any atom is -0.388 e. The van der Waals surface area contributed by atoms with E-state index in [9.17, 15) is 15.0 Å². The van der Waals surface area contributed by atoms with Crippen molar-refractivity contribution < 1.29 is 15.0 Å². The molecule has 2 unspecified atom stereocenters. The molecule has 0 aromatic carbocycles. The monoisotopic (exact) mass is 298 g/mol. The predicted molar refractivity (Wildman–Crippen MR) is 75.7 cm³/mol. The lowest BCUT2D eigenvalue weighted by Gasteiger charge is -2.25. The second-order valence-corrected chi connectivity index (χ2v) is 6.35. The van der Waals surface area contributed by atoms with Crippen molar-refractivity contribution in [3.05, 3.63) is 4.88 Å². The number of rotatable bonds is 3. The normalized spacial score (nSPS) is 26.6. The zero-order valence-corrected chi connectivity index (χ0v) is 11.8. The van der Waals surface area contributed by atoms with Gasteiger partial charge in [0, 0.05) is 19.1 Å². The Kier molecular flexibility index (Phi) is 3.53. The SMILES string of the molecule is Nc1nc(NC2CCC2)sc1C(=O)N1CC(O)C(O)C1. The molecular weight excluding hydrogens is 280 g/mol. The molecule has 110 valence electrons. The Balaban J connectivity index is 1.71. The van der Waals surface area contributed by atoms with Gasteiger partial charge in [0.1, 0.15) is 10.7 Å². The summed E-state index contributed by atoms with van der Waals surface area (Å²) >= 11 is 1.23. The molecule has 1 aliphatic heterocycles. The molecule has 7 nitrogen and oxygen atoms in total. The average Bonchev–Trinajstić information content (AvgIpc) is 2.88. The fourth-order valence-electron chi connectivity index (χ4n) is 2.35. The Hall–Kier alpha value is -1.38. The predicted octanol–water partition coefficient (Wildman–Crippen LogP) is -0.133. The lowest BCUT2D eigenvalue weighted by molar-refractivity contribution is 0.0572. The van der Waals surface area contributed by atoms with E-state index < -0.39 is 12.2 Å². The first-order valence-electron chi connectivity index (χ1n) is 6.73. The molecule has 1 aromatic heterocycles. The molecule has 1 amide bonds. The van der Waals surface area contributed by atoms with E-state index in [2.05, 4.69) is 10.3 Å². The smallest absolute Gasteiger partial charge is 0.268 e. The van der Waals surface area contributed by atoms with Gasteiger partial charge in [0.25, 0.3) is 5.91 Å². The maximum atomic E-state index is 12.3. The molecule has 20 heavy (non-hydrogen) atoms. The van der Waals surface area contributed by atoms with Crippen LogP contribution in [0.2, 0.25) is 0 Å². The van der Waals surface area contributed by atoms with Crippen LogP contribution in [0.25, 0.3) is 0 Å². The fourth-order valence-corrected chi connectivity index (χ4v) is 3.28. The van der Waals surface area contributed by atoms with Crippen LogP contribution in [0, 0.1) is 0 Å². The highest BCUT2D eigenvalue weighted by Gasteiger charge is 2.34. The second kappa shape index (κ2) is 5.19. The number of aliphatic hydroxyl groups is 2. The third kappa shape index (κ3) is 2.46. The van der Waals surface area contributed by atoms with E-state index in [1.807, 2.05) is 0 Å². The van der Waals surface area contributed by atoms with Crippen molar-refractivity contribution in [2.75, 3.05) is 24.1 Å². The Morgan fingerprint density at radius 1 is 1.35 bits per heavy atom. The number of carbonyl (C=O) groups excluding carboxylic acids is 1.